The van der Waals surface area contributed by atoms with Crippen LogP contribution in [0, 0.1) is 0 Å². The normalized spacial score (nSPS) is 15.5. The molecule has 0 aliphatic carbocycles. The molecule has 1 atom stereocenters. The summed E-state index contributed by atoms with van der Waals surface area (Å²) in [7, 11) is 0. The molecular weight excluding hydrogens is 348 g/mol. The maximum atomic E-state index is 12.7. The lowest BCUT2D eigenvalue weighted by Gasteiger charge is -2.27. The summed E-state index contributed by atoms with van der Waals surface area (Å²) in [6, 6.07) is 16.4. The van der Waals surface area contributed by atoms with Gasteiger partial charge in [0.25, 0.3) is 0 Å². The molecule has 1 amide bonds. The van der Waals surface area contributed by atoms with Crippen molar-refractivity contribution in [3.05, 3.63) is 80.2 Å². The number of carbonyl (C=O) groups excluding carboxylic acids is 1. The fourth-order valence-electron chi connectivity index (χ4n) is 3.27. The van der Waals surface area contributed by atoms with Crippen molar-refractivity contribution in [1.82, 2.24) is 10.2 Å². The smallest absolute Gasteiger partial charge is 0.234 e. The highest BCUT2D eigenvalue weighted by atomic mass is 32.1. The minimum absolute atomic E-state index is 0.0739. The molecule has 0 fully saturated rings. The van der Waals surface area contributed by atoms with Crippen LogP contribution in [0.5, 0.6) is 0 Å². The van der Waals surface area contributed by atoms with Crippen LogP contribution < -0.4 is 5.32 Å². The summed E-state index contributed by atoms with van der Waals surface area (Å²) in [5, 5.41) is 7.44. The van der Waals surface area contributed by atoms with E-state index in [0.29, 0.717) is 6.54 Å². The summed E-state index contributed by atoms with van der Waals surface area (Å²) < 4.78 is 0. The molecule has 1 N–H and O–H groups in total. The van der Waals surface area contributed by atoms with Crippen LogP contribution in [0.15, 0.2) is 59.3 Å². The van der Waals surface area contributed by atoms with Crippen molar-refractivity contribution in [2.45, 2.75) is 19.0 Å². The minimum Gasteiger partial charge on any atom is -0.343 e. The van der Waals surface area contributed by atoms with Gasteiger partial charge >= 0.3 is 0 Å². The molecule has 128 valence electrons. The molecule has 3 aromatic rings. The fourth-order valence-corrected chi connectivity index (χ4v) is 4.96. The van der Waals surface area contributed by atoms with Gasteiger partial charge in [-0.1, -0.05) is 36.4 Å². The molecule has 0 bridgehead atoms. The van der Waals surface area contributed by atoms with Gasteiger partial charge in [-0.2, -0.15) is 0 Å². The highest BCUT2D eigenvalue weighted by molar-refractivity contribution is 7.10. The largest absolute Gasteiger partial charge is 0.343 e. The van der Waals surface area contributed by atoms with Crippen molar-refractivity contribution in [3.8, 4) is 0 Å². The molecule has 0 spiro atoms. The minimum atomic E-state index is -0.0739. The molecule has 0 saturated carbocycles. The Morgan fingerprint density at radius 2 is 1.96 bits per heavy atom. The molecule has 3 heterocycles. The highest BCUT2D eigenvalue weighted by Crippen LogP contribution is 2.26. The molecule has 2 aromatic heterocycles. The van der Waals surface area contributed by atoms with Gasteiger partial charge in [-0.3, -0.25) is 9.69 Å². The number of hydrogen-bond acceptors (Lipinski definition) is 4. The highest BCUT2D eigenvalue weighted by Gasteiger charge is 2.22. The monoisotopic (exact) mass is 368 g/mol. The maximum absolute atomic E-state index is 12.7. The van der Waals surface area contributed by atoms with Crippen LogP contribution >= 0.6 is 22.7 Å². The van der Waals surface area contributed by atoms with E-state index in [1.807, 2.05) is 35.6 Å². The Hall–Kier alpha value is -1.95. The fraction of sp³-hybridized carbons (Fsp3) is 0.250. The van der Waals surface area contributed by atoms with Crippen molar-refractivity contribution in [3.63, 3.8) is 0 Å². The van der Waals surface area contributed by atoms with Gasteiger partial charge in [-0.05, 0) is 40.4 Å². The van der Waals surface area contributed by atoms with Crippen LogP contribution in [-0.4, -0.2) is 23.9 Å². The Morgan fingerprint density at radius 1 is 1.08 bits per heavy atom. The third-order valence-electron chi connectivity index (χ3n) is 4.52. The number of benzene rings is 1. The van der Waals surface area contributed by atoms with Crippen LogP contribution in [0.25, 0.3) is 0 Å². The first-order chi connectivity index (χ1) is 12.3. The van der Waals surface area contributed by atoms with E-state index in [1.165, 1.54) is 15.3 Å². The predicted molar refractivity (Wildman–Crippen MR) is 104 cm³/mol. The first kappa shape index (κ1) is 16.5. The molecule has 3 nitrogen and oxygen atoms in total. The van der Waals surface area contributed by atoms with E-state index < -0.39 is 0 Å². The zero-order valence-corrected chi connectivity index (χ0v) is 15.5. The van der Waals surface area contributed by atoms with E-state index in [1.54, 1.807) is 11.3 Å². The number of thiophene rings is 2. The van der Waals surface area contributed by atoms with Crippen LogP contribution in [0.3, 0.4) is 0 Å². The molecule has 1 aliphatic rings. The lowest BCUT2D eigenvalue weighted by Crippen LogP contribution is -2.40. The Labute approximate surface area is 155 Å². The number of nitrogens with one attached hydrogen (secondary N) is 1. The summed E-state index contributed by atoms with van der Waals surface area (Å²) in [6.45, 7) is 2.28. The Bertz CT molecular complexity index is 827. The van der Waals surface area contributed by atoms with Gasteiger partial charge in [0.15, 0.2) is 0 Å². The summed E-state index contributed by atoms with van der Waals surface area (Å²) in [6.07, 6.45) is 1.05. The van der Waals surface area contributed by atoms with Crippen molar-refractivity contribution in [2.24, 2.45) is 0 Å². The number of amides is 1. The number of rotatable bonds is 5. The van der Waals surface area contributed by atoms with Crippen molar-refractivity contribution >= 4 is 28.6 Å². The zero-order valence-electron chi connectivity index (χ0n) is 13.9. The van der Waals surface area contributed by atoms with Crippen molar-refractivity contribution in [2.75, 3.05) is 13.1 Å². The van der Waals surface area contributed by atoms with E-state index in [9.17, 15) is 4.79 Å². The second-order valence-electron chi connectivity index (χ2n) is 6.26. The van der Waals surface area contributed by atoms with E-state index >= 15 is 0 Å². The van der Waals surface area contributed by atoms with Gasteiger partial charge < -0.3 is 5.32 Å². The molecule has 25 heavy (non-hydrogen) atoms. The third kappa shape index (κ3) is 3.84. The molecule has 0 unspecified atom stereocenters. The molecule has 1 aliphatic heterocycles. The van der Waals surface area contributed by atoms with Crippen molar-refractivity contribution < 1.29 is 4.79 Å². The van der Waals surface area contributed by atoms with Gasteiger partial charge in [0.2, 0.25) is 5.91 Å². The molecule has 1 aromatic carbocycles. The molecule has 5 heteroatoms. The van der Waals surface area contributed by atoms with Gasteiger partial charge in [-0.15, -0.1) is 22.7 Å². The molecule has 0 saturated heterocycles. The summed E-state index contributed by atoms with van der Waals surface area (Å²) in [5.74, 6) is 0.0842. The van der Waals surface area contributed by atoms with Gasteiger partial charge in [0.05, 0.1) is 12.6 Å². The lowest BCUT2D eigenvalue weighted by atomic mass is 10.1. The van der Waals surface area contributed by atoms with Crippen molar-refractivity contribution in [1.29, 1.82) is 0 Å². The predicted octanol–water partition coefficient (Wildman–Crippen LogP) is 4.07. The zero-order chi connectivity index (χ0) is 17.1. The Balaban J connectivity index is 1.45. The number of hydrogen-bond donors (Lipinski definition) is 1. The number of carbonyl (C=O) groups is 1. The Morgan fingerprint density at radius 3 is 2.76 bits per heavy atom. The van der Waals surface area contributed by atoms with Gasteiger partial charge in [0, 0.05) is 22.8 Å². The number of nitrogens with zero attached hydrogens (tertiary/aromatic N) is 1. The summed E-state index contributed by atoms with van der Waals surface area (Å²) in [5.41, 5.74) is 2.50. The summed E-state index contributed by atoms with van der Waals surface area (Å²) in [4.78, 5) is 17.6. The lowest BCUT2D eigenvalue weighted by molar-refractivity contribution is -0.122. The van der Waals surface area contributed by atoms with Gasteiger partial charge in [0.1, 0.15) is 0 Å². The third-order valence-corrected chi connectivity index (χ3v) is 6.48. The molecule has 4 rings (SSSR count). The average molecular weight is 369 g/mol. The van der Waals surface area contributed by atoms with E-state index in [4.69, 9.17) is 0 Å². The van der Waals surface area contributed by atoms with E-state index in [2.05, 4.69) is 45.2 Å². The second-order valence-corrected chi connectivity index (χ2v) is 8.24. The van der Waals surface area contributed by atoms with Crippen LogP contribution in [0.2, 0.25) is 0 Å². The first-order valence-corrected chi connectivity index (χ1v) is 10.2. The van der Waals surface area contributed by atoms with Crippen LogP contribution in [-0.2, 0) is 17.8 Å². The molecular formula is C20H20N2OS2. The average Bonchev–Trinajstić information content (AvgIpc) is 3.31. The first-order valence-electron chi connectivity index (χ1n) is 8.45. The van der Waals surface area contributed by atoms with Gasteiger partial charge in [-0.25, -0.2) is 0 Å². The standard InChI is InChI=1S/C20H20N2OS2/c23-19(14-22-10-8-17-16(13-22)9-12-25-17)21-20(18-7-4-11-24-18)15-5-2-1-3-6-15/h1-7,9,11-12,20H,8,10,13-14H2,(H,21,23)/t20-/m1/s1. The SMILES string of the molecule is O=C(CN1CCc2sccc2C1)N[C@H](c1ccccc1)c1cccs1. The van der Waals surface area contributed by atoms with Crippen LogP contribution in [0.4, 0.5) is 0 Å². The van der Waals surface area contributed by atoms with E-state index in [0.717, 1.165) is 25.1 Å². The Kier molecular flexibility index (Phi) is 4.97. The van der Waals surface area contributed by atoms with Crippen LogP contribution in [0.1, 0.15) is 26.9 Å². The topological polar surface area (TPSA) is 32.3 Å². The number of fused-ring (bicyclic) bond motifs is 1. The second kappa shape index (κ2) is 7.52. The maximum Gasteiger partial charge on any atom is 0.234 e. The summed E-state index contributed by atoms with van der Waals surface area (Å²) >= 11 is 3.51. The molecule has 0 radical (unpaired) electrons. The quantitative estimate of drug-likeness (QED) is 0.736. The van der Waals surface area contributed by atoms with E-state index in [-0.39, 0.29) is 11.9 Å².